The predicted octanol–water partition coefficient (Wildman–Crippen LogP) is 1.44. The van der Waals surface area contributed by atoms with Gasteiger partial charge in [-0.1, -0.05) is 12.8 Å². The Kier molecular flexibility index (Phi) is 4.70. The molecule has 0 aliphatic carbocycles. The molecule has 0 aromatic heterocycles. The van der Waals surface area contributed by atoms with Crippen LogP contribution in [0.15, 0.2) is 23.1 Å². The van der Waals surface area contributed by atoms with Gasteiger partial charge in [0.15, 0.2) is 0 Å². The summed E-state index contributed by atoms with van der Waals surface area (Å²) in [7, 11) is -3.72. The molecule has 0 fully saturated rings. The van der Waals surface area contributed by atoms with Gasteiger partial charge < -0.3 is 5.73 Å². The molecule has 98 valence electrons. The lowest BCUT2D eigenvalue weighted by Crippen LogP contribution is -2.32. The zero-order chi connectivity index (χ0) is 13.8. The SMILES string of the molecule is C#CCN(CCC)S(=O)(=O)c1ccc(F)c(N)c1. The molecule has 1 aromatic carbocycles. The van der Waals surface area contributed by atoms with Crippen LogP contribution in [0.2, 0.25) is 0 Å². The Hall–Kier alpha value is -1.58. The minimum Gasteiger partial charge on any atom is -0.396 e. The first-order chi connectivity index (χ1) is 8.43. The van der Waals surface area contributed by atoms with Gasteiger partial charge in [-0.25, -0.2) is 12.8 Å². The van der Waals surface area contributed by atoms with Gasteiger partial charge in [0.2, 0.25) is 10.0 Å². The third kappa shape index (κ3) is 3.00. The predicted molar refractivity (Wildman–Crippen MR) is 68.7 cm³/mol. The molecule has 0 saturated heterocycles. The average Bonchev–Trinajstić information content (AvgIpc) is 2.32. The summed E-state index contributed by atoms with van der Waals surface area (Å²) >= 11 is 0. The lowest BCUT2D eigenvalue weighted by Gasteiger charge is -2.19. The molecule has 0 radical (unpaired) electrons. The highest BCUT2D eigenvalue weighted by Crippen LogP contribution is 2.20. The van der Waals surface area contributed by atoms with Gasteiger partial charge in [-0.15, -0.1) is 6.42 Å². The average molecular weight is 270 g/mol. The monoisotopic (exact) mass is 270 g/mol. The standard InChI is InChI=1S/C12H15FN2O2S/c1-3-7-15(8-4-2)18(16,17)10-5-6-11(13)12(14)9-10/h1,5-6,9H,4,7-8,14H2,2H3. The van der Waals surface area contributed by atoms with Crippen molar-refractivity contribution in [1.29, 1.82) is 0 Å². The van der Waals surface area contributed by atoms with E-state index in [1.54, 1.807) is 0 Å². The molecular weight excluding hydrogens is 255 g/mol. The molecule has 0 heterocycles. The van der Waals surface area contributed by atoms with Crippen LogP contribution in [0, 0.1) is 18.2 Å². The van der Waals surface area contributed by atoms with Gasteiger partial charge in [0.25, 0.3) is 0 Å². The van der Waals surface area contributed by atoms with Crippen molar-refractivity contribution in [3.8, 4) is 12.3 Å². The van der Waals surface area contributed by atoms with Gasteiger partial charge in [0.1, 0.15) is 5.82 Å². The van der Waals surface area contributed by atoms with Crippen molar-refractivity contribution < 1.29 is 12.8 Å². The molecule has 2 N–H and O–H groups in total. The Morgan fingerprint density at radius 1 is 1.50 bits per heavy atom. The molecule has 6 heteroatoms. The summed E-state index contributed by atoms with van der Waals surface area (Å²) in [6, 6.07) is 3.31. The van der Waals surface area contributed by atoms with Crippen molar-refractivity contribution >= 4 is 15.7 Å². The third-order valence-corrected chi connectivity index (χ3v) is 4.19. The normalized spacial score (nSPS) is 11.4. The fraction of sp³-hybridized carbons (Fsp3) is 0.333. The Bertz CT molecular complexity index is 564. The number of benzene rings is 1. The summed E-state index contributed by atoms with van der Waals surface area (Å²) < 4.78 is 38.6. The van der Waals surface area contributed by atoms with Gasteiger partial charge >= 0.3 is 0 Å². The lowest BCUT2D eigenvalue weighted by molar-refractivity contribution is 0.445. The zero-order valence-corrected chi connectivity index (χ0v) is 10.9. The van der Waals surface area contributed by atoms with Gasteiger partial charge in [0.05, 0.1) is 17.1 Å². The van der Waals surface area contributed by atoms with Gasteiger partial charge in [-0.3, -0.25) is 0 Å². The molecule has 1 aromatic rings. The minimum atomic E-state index is -3.72. The van der Waals surface area contributed by atoms with Crippen LogP contribution in [0.1, 0.15) is 13.3 Å². The molecule has 1 rings (SSSR count). The van der Waals surface area contributed by atoms with E-state index < -0.39 is 15.8 Å². The lowest BCUT2D eigenvalue weighted by atomic mass is 10.3. The maximum atomic E-state index is 13.0. The van der Waals surface area contributed by atoms with Crippen LogP contribution in [-0.4, -0.2) is 25.8 Å². The summed E-state index contributed by atoms with van der Waals surface area (Å²) in [6.07, 6.45) is 5.78. The van der Waals surface area contributed by atoms with Crippen LogP contribution in [0.25, 0.3) is 0 Å². The maximum Gasteiger partial charge on any atom is 0.244 e. The number of halogens is 1. The summed E-state index contributed by atoms with van der Waals surface area (Å²) in [5.74, 6) is 1.65. The quantitative estimate of drug-likeness (QED) is 0.650. The fourth-order valence-corrected chi connectivity index (χ4v) is 2.95. The number of hydrogen-bond donors (Lipinski definition) is 1. The van der Waals surface area contributed by atoms with E-state index in [1.807, 2.05) is 6.92 Å². The second-order valence-corrected chi connectivity index (χ2v) is 5.66. The number of sulfonamides is 1. The van der Waals surface area contributed by atoms with E-state index in [-0.39, 0.29) is 17.1 Å². The van der Waals surface area contributed by atoms with Crippen LogP contribution in [0.5, 0.6) is 0 Å². The number of nitrogens with two attached hydrogens (primary N) is 1. The van der Waals surface area contributed by atoms with E-state index in [1.165, 1.54) is 10.4 Å². The largest absolute Gasteiger partial charge is 0.396 e. The number of terminal acetylenes is 1. The summed E-state index contributed by atoms with van der Waals surface area (Å²) in [5.41, 5.74) is 5.17. The van der Waals surface area contributed by atoms with Crippen molar-refractivity contribution in [2.75, 3.05) is 18.8 Å². The first-order valence-corrected chi connectivity index (χ1v) is 6.86. The molecule has 0 unspecified atom stereocenters. The third-order valence-electron chi connectivity index (χ3n) is 2.35. The van der Waals surface area contributed by atoms with E-state index >= 15 is 0 Å². The maximum absolute atomic E-state index is 13.0. The highest BCUT2D eigenvalue weighted by Gasteiger charge is 2.23. The first-order valence-electron chi connectivity index (χ1n) is 5.42. The second-order valence-electron chi connectivity index (χ2n) is 3.73. The van der Waals surface area contributed by atoms with Gasteiger partial charge in [-0.05, 0) is 24.6 Å². The van der Waals surface area contributed by atoms with E-state index in [0.717, 1.165) is 12.1 Å². The van der Waals surface area contributed by atoms with E-state index in [2.05, 4.69) is 5.92 Å². The molecule has 4 nitrogen and oxygen atoms in total. The summed E-state index contributed by atoms with van der Waals surface area (Å²) in [4.78, 5) is -0.0508. The number of rotatable bonds is 5. The van der Waals surface area contributed by atoms with Crippen molar-refractivity contribution in [2.45, 2.75) is 18.2 Å². The van der Waals surface area contributed by atoms with Gasteiger partial charge in [-0.2, -0.15) is 4.31 Å². The summed E-state index contributed by atoms with van der Waals surface area (Å²) in [6.45, 7) is 2.13. The van der Waals surface area contributed by atoms with Crippen LogP contribution in [0.3, 0.4) is 0 Å². The van der Waals surface area contributed by atoms with Crippen molar-refractivity contribution in [1.82, 2.24) is 4.31 Å². The van der Waals surface area contributed by atoms with Crippen molar-refractivity contribution in [2.24, 2.45) is 0 Å². The highest BCUT2D eigenvalue weighted by molar-refractivity contribution is 7.89. The second kappa shape index (κ2) is 5.85. The zero-order valence-electron chi connectivity index (χ0n) is 10.1. The van der Waals surface area contributed by atoms with Crippen LogP contribution >= 0.6 is 0 Å². The van der Waals surface area contributed by atoms with E-state index in [9.17, 15) is 12.8 Å². The molecule has 0 bridgehead atoms. The molecule has 0 aliphatic heterocycles. The molecular formula is C12H15FN2O2S. The summed E-state index contributed by atoms with van der Waals surface area (Å²) in [5, 5.41) is 0. The molecule has 0 saturated carbocycles. The number of anilines is 1. The minimum absolute atomic E-state index is 0.0204. The Balaban J connectivity index is 3.18. The molecule has 0 amide bonds. The first kappa shape index (κ1) is 14.5. The molecule has 18 heavy (non-hydrogen) atoms. The van der Waals surface area contributed by atoms with E-state index in [4.69, 9.17) is 12.2 Å². The van der Waals surface area contributed by atoms with Crippen LogP contribution in [0.4, 0.5) is 10.1 Å². The molecule has 0 aliphatic rings. The number of nitrogens with zero attached hydrogens (tertiary/aromatic N) is 1. The Morgan fingerprint density at radius 2 is 2.17 bits per heavy atom. The van der Waals surface area contributed by atoms with Crippen molar-refractivity contribution in [3.63, 3.8) is 0 Å². The van der Waals surface area contributed by atoms with Crippen molar-refractivity contribution in [3.05, 3.63) is 24.0 Å². The highest BCUT2D eigenvalue weighted by atomic mass is 32.2. The number of nitrogen functional groups attached to an aromatic ring is 1. The Morgan fingerprint density at radius 3 is 2.67 bits per heavy atom. The van der Waals surface area contributed by atoms with E-state index in [0.29, 0.717) is 13.0 Å². The fourth-order valence-electron chi connectivity index (χ4n) is 1.47. The van der Waals surface area contributed by atoms with Crippen LogP contribution in [-0.2, 0) is 10.0 Å². The molecule has 0 spiro atoms. The molecule has 0 atom stereocenters. The smallest absolute Gasteiger partial charge is 0.244 e. The van der Waals surface area contributed by atoms with Crippen LogP contribution < -0.4 is 5.73 Å². The Labute approximate surface area is 107 Å². The van der Waals surface area contributed by atoms with Gasteiger partial charge in [0, 0.05) is 6.54 Å². The number of hydrogen-bond acceptors (Lipinski definition) is 3. The topological polar surface area (TPSA) is 63.4 Å².